The summed E-state index contributed by atoms with van der Waals surface area (Å²) in [5.74, 6) is -1.36. The highest BCUT2D eigenvalue weighted by atomic mass is 19.1. The van der Waals surface area contributed by atoms with Gasteiger partial charge in [0.05, 0.1) is 0 Å². The van der Waals surface area contributed by atoms with Crippen molar-refractivity contribution < 1.29 is 14.0 Å². The fraction of sp³-hybridized carbons (Fsp3) is 0.500. The molecule has 108 valence electrons. The molecule has 1 N–H and O–H groups in total. The van der Waals surface area contributed by atoms with Crippen LogP contribution in [0.5, 0.6) is 0 Å². The number of halogens is 1. The van der Waals surface area contributed by atoms with Gasteiger partial charge in [0.1, 0.15) is 11.7 Å². The first-order valence-corrected chi connectivity index (χ1v) is 6.80. The molecule has 5 nitrogen and oxygen atoms in total. The molecule has 0 radical (unpaired) electrons. The molecule has 0 aromatic carbocycles. The zero-order chi connectivity index (χ0) is 14.5. The average molecular weight is 279 g/mol. The second kappa shape index (κ2) is 6.45. The number of likely N-dealkylation sites (tertiary alicyclic amines) is 1. The molecule has 1 aromatic rings. The molecule has 1 aliphatic heterocycles. The predicted octanol–water partition coefficient (Wildman–Crippen LogP) is 1.35. The molecule has 2 heterocycles. The summed E-state index contributed by atoms with van der Waals surface area (Å²) in [6.45, 7) is 3.10. The molecule has 0 spiro atoms. The average Bonchev–Trinajstić information content (AvgIpc) is 2.47. The van der Waals surface area contributed by atoms with Crippen LogP contribution in [0.2, 0.25) is 0 Å². The van der Waals surface area contributed by atoms with Crippen molar-refractivity contribution in [3.05, 3.63) is 29.8 Å². The molecule has 6 heteroatoms. The van der Waals surface area contributed by atoms with Gasteiger partial charge in [0.25, 0.3) is 5.91 Å². The molecular formula is C14H18FN3O2. The van der Waals surface area contributed by atoms with E-state index >= 15 is 0 Å². The summed E-state index contributed by atoms with van der Waals surface area (Å²) < 4.78 is 12.9. The first kappa shape index (κ1) is 14.4. The Morgan fingerprint density at radius 3 is 2.65 bits per heavy atom. The van der Waals surface area contributed by atoms with Crippen LogP contribution in [0.4, 0.5) is 4.39 Å². The second-order valence-corrected chi connectivity index (χ2v) is 4.93. The van der Waals surface area contributed by atoms with Crippen LogP contribution >= 0.6 is 0 Å². The lowest BCUT2D eigenvalue weighted by molar-refractivity contribution is -0.133. The van der Waals surface area contributed by atoms with E-state index in [-0.39, 0.29) is 11.6 Å². The minimum Gasteiger partial charge on any atom is -0.341 e. The molecule has 2 rings (SSSR count). The SMILES string of the molecule is CC(NC(=O)c1cccc(F)n1)C(=O)N1CCCCC1. The summed E-state index contributed by atoms with van der Waals surface area (Å²) in [4.78, 5) is 29.3. The van der Waals surface area contributed by atoms with Crippen molar-refractivity contribution in [3.8, 4) is 0 Å². The van der Waals surface area contributed by atoms with Crippen LogP contribution in [0.1, 0.15) is 36.7 Å². The number of carbonyl (C=O) groups is 2. The number of aromatic nitrogens is 1. The Morgan fingerprint density at radius 1 is 1.30 bits per heavy atom. The molecule has 1 aromatic heterocycles. The van der Waals surface area contributed by atoms with Gasteiger partial charge in [0, 0.05) is 13.1 Å². The van der Waals surface area contributed by atoms with E-state index in [1.165, 1.54) is 18.2 Å². The van der Waals surface area contributed by atoms with E-state index in [0.29, 0.717) is 0 Å². The Hall–Kier alpha value is -1.98. The highest BCUT2D eigenvalue weighted by molar-refractivity contribution is 5.95. The monoisotopic (exact) mass is 279 g/mol. The largest absolute Gasteiger partial charge is 0.341 e. The van der Waals surface area contributed by atoms with E-state index < -0.39 is 17.9 Å². The zero-order valence-electron chi connectivity index (χ0n) is 11.4. The fourth-order valence-electron chi connectivity index (χ4n) is 2.26. The van der Waals surface area contributed by atoms with E-state index in [4.69, 9.17) is 0 Å². The quantitative estimate of drug-likeness (QED) is 0.850. The van der Waals surface area contributed by atoms with Gasteiger partial charge in [-0.2, -0.15) is 4.39 Å². The third-order valence-electron chi connectivity index (χ3n) is 3.33. The van der Waals surface area contributed by atoms with Crippen LogP contribution in [0, 0.1) is 5.95 Å². The Bertz CT molecular complexity index is 501. The summed E-state index contributed by atoms with van der Waals surface area (Å²) in [7, 11) is 0. The van der Waals surface area contributed by atoms with Crippen molar-refractivity contribution in [2.75, 3.05) is 13.1 Å². The van der Waals surface area contributed by atoms with Crippen LogP contribution < -0.4 is 5.32 Å². The fourth-order valence-corrected chi connectivity index (χ4v) is 2.26. The molecule has 1 saturated heterocycles. The molecule has 1 aliphatic rings. The van der Waals surface area contributed by atoms with E-state index in [1.807, 2.05) is 0 Å². The van der Waals surface area contributed by atoms with Gasteiger partial charge in [-0.3, -0.25) is 9.59 Å². The van der Waals surface area contributed by atoms with Crippen molar-refractivity contribution in [1.82, 2.24) is 15.2 Å². The maximum Gasteiger partial charge on any atom is 0.270 e. The Balaban J connectivity index is 1.94. The number of hydrogen-bond acceptors (Lipinski definition) is 3. The highest BCUT2D eigenvalue weighted by Crippen LogP contribution is 2.10. The minimum absolute atomic E-state index is 0.0247. The summed E-state index contributed by atoms with van der Waals surface area (Å²) in [6.07, 6.45) is 3.13. The molecule has 1 atom stereocenters. The molecule has 0 bridgehead atoms. The smallest absolute Gasteiger partial charge is 0.270 e. The first-order chi connectivity index (χ1) is 9.58. The number of piperidine rings is 1. The van der Waals surface area contributed by atoms with E-state index in [2.05, 4.69) is 10.3 Å². The number of amides is 2. The van der Waals surface area contributed by atoms with E-state index in [9.17, 15) is 14.0 Å². The van der Waals surface area contributed by atoms with Gasteiger partial charge in [-0.1, -0.05) is 6.07 Å². The molecule has 0 aliphatic carbocycles. The van der Waals surface area contributed by atoms with Crippen molar-refractivity contribution in [3.63, 3.8) is 0 Å². The van der Waals surface area contributed by atoms with Gasteiger partial charge in [0.15, 0.2) is 0 Å². The van der Waals surface area contributed by atoms with Gasteiger partial charge < -0.3 is 10.2 Å². The minimum atomic E-state index is -0.715. The summed E-state index contributed by atoms with van der Waals surface area (Å²) in [5, 5.41) is 2.56. The van der Waals surface area contributed by atoms with Crippen molar-refractivity contribution >= 4 is 11.8 Å². The lowest BCUT2D eigenvalue weighted by Crippen LogP contribution is -2.48. The molecular weight excluding hydrogens is 261 g/mol. The lowest BCUT2D eigenvalue weighted by Gasteiger charge is -2.29. The molecule has 1 unspecified atom stereocenters. The van der Waals surface area contributed by atoms with Crippen LogP contribution in [0.15, 0.2) is 18.2 Å². The number of rotatable bonds is 3. The normalized spacial score (nSPS) is 16.6. The molecule has 20 heavy (non-hydrogen) atoms. The molecule has 0 saturated carbocycles. The van der Waals surface area contributed by atoms with Crippen molar-refractivity contribution in [1.29, 1.82) is 0 Å². The van der Waals surface area contributed by atoms with Gasteiger partial charge in [0.2, 0.25) is 11.9 Å². The number of nitrogens with one attached hydrogen (secondary N) is 1. The van der Waals surface area contributed by atoms with Crippen LogP contribution in [0.3, 0.4) is 0 Å². The summed E-state index contributed by atoms with van der Waals surface area (Å²) in [5.41, 5.74) is -0.0247. The third kappa shape index (κ3) is 3.53. The number of nitrogens with zero attached hydrogens (tertiary/aromatic N) is 2. The van der Waals surface area contributed by atoms with Crippen molar-refractivity contribution in [2.45, 2.75) is 32.2 Å². The van der Waals surface area contributed by atoms with Gasteiger partial charge >= 0.3 is 0 Å². The van der Waals surface area contributed by atoms with Crippen LogP contribution in [0.25, 0.3) is 0 Å². The highest BCUT2D eigenvalue weighted by Gasteiger charge is 2.24. The second-order valence-electron chi connectivity index (χ2n) is 4.93. The van der Waals surface area contributed by atoms with Crippen LogP contribution in [-0.4, -0.2) is 40.8 Å². The van der Waals surface area contributed by atoms with E-state index in [0.717, 1.165) is 32.4 Å². The van der Waals surface area contributed by atoms with Gasteiger partial charge in [-0.15, -0.1) is 0 Å². The number of hydrogen-bond donors (Lipinski definition) is 1. The maximum absolute atomic E-state index is 12.9. The Kier molecular flexibility index (Phi) is 4.65. The summed E-state index contributed by atoms with van der Waals surface area (Å²) >= 11 is 0. The van der Waals surface area contributed by atoms with Crippen LogP contribution in [-0.2, 0) is 4.79 Å². The predicted molar refractivity (Wildman–Crippen MR) is 71.6 cm³/mol. The molecule has 2 amide bonds. The Labute approximate surface area is 117 Å². The van der Waals surface area contributed by atoms with E-state index in [1.54, 1.807) is 11.8 Å². The standard InChI is InChI=1S/C14H18FN3O2/c1-10(14(20)18-8-3-2-4-9-18)16-13(19)11-6-5-7-12(15)17-11/h5-7,10H,2-4,8-9H2,1H3,(H,16,19). The number of carbonyl (C=O) groups excluding carboxylic acids is 2. The zero-order valence-corrected chi connectivity index (χ0v) is 11.4. The third-order valence-corrected chi connectivity index (χ3v) is 3.33. The maximum atomic E-state index is 12.9. The first-order valence-electron chi connectivity index (χ1n) is 6.80. The topological polar surface area (TPSA) is 62.3 Å². The van der Waals surface area contributed by atoms with Crippen molar-refractivity contribution in [2.24, 2.45) is 0 Å². The lowest BCUT2D eigenvalue weighted by atomic mass is 10.1. The van der Waals surface area contributed by atoms with Gasteiger partial charge in [-0.05, 0) is 38.3 Å². The number of pyridine rings is 1. The molecule has 1 fully saturated rings. The summed E-state index contributed by atoms with van der Waals surface area (Å²) in [6, 6.07) is 3.36. The van der Waals surface area contributed by atoms with Gasteiger partial charge in [-0.25, -0.2) is 4.98 Å². The Morgan fingerprint density at radius 2 is 2.00 bits per heavy atom.